The second kappa shape index (κ2) is 4.95. The van der Waals surface area contributed by atoms with Crippen LogP contribution in [0.1, 0.15) is 23.2 Å². The lowest BCUT2D eigenvalue weighted by Crippen LogP contribution is -2.58. The Balaban J connectivity index is 1.58. The van der Waals surface area contributed by atoms with Crippen molar-refractivity contribution in [1.82, 2.24) is 19.6 Å². The second-order valence-corrected chi connectivity index (χ2v) is 7.28. The van der Waals surface area contributed by atoms with Crippen molar-refractivity contribution >= 4 is 28.4 Å². The summed E-state index contributed by atoms with van der Waals surface area (Å²) in [6, 6.07) is 6.12. The number of benzene rings is 1. The first-order chi connectivity index (χ1) is 11.2. The van der Waals surface area contributed by atoms with Gasteiger partial charge in [-0.2, -0.15) is 5.10 Å². The van der Waals surface area contributed by atoms with Gasteiger partial charge in [0.25, 0.3) is 5.91 Å². The number of rotatable bonds is 1. The molecule has 4 aliphatic rings. The SMILES string of the molecule is O=C1c2cccc3c(Cl)nn(c23)CCN1C1CN2CCC1CC2. The molecule has 0 spiro atoms. The van der Waals surface area contributed by atoms with E-state index >= 15 is 0 Å². The summed E-state index contributed by atoms with van der Waals surface area (Å²) in [4.78, 5) is 17.8. The van der Waals surface area contributed by atoms with E-state index in [4.69, 9.17) is 11.6 Å². The summed E-state index contributed by atoms with van der Waals surface area (Å²) >= 11 is 6.23. The molecule has 4 aliphatic heterocycles. The van der Waals surface area contributed by atoms with Crippen molar-refractivity contribution in [3.05, 3.63) is 28.9 Å². The van der Waals surface area contributed by atoms with Crippen molar-refractivity contribution in [2.75, 3.05) is 26.2 Å². The number of piperidine rings is 3. The summed E-state index contributed by atoms with van der Waals surface area (Å²) in [5, 5.41) is 5.81. The van der Waals surface area contributed by atoms with Crippen LogP contribution < -0.4 is 0 Å². The predicted octanol–water partition coefficient (Wildman–Crippen LogP) is 2.24. The highest BCUT2D eigenvalue weighted by Gasteiger charge is 2.40. The Kier molecular flexibility index (Phi) is 2.97. The van der Waals surface area contributed by atoms with Crippen molar-refractivity contribution in [2.24, 2.45) is 5.92 Å². The molecule has 1 amide bonds. The third-order valence-electron chi connectivity index (χ3n) is 5.79. The highest BCUT2D eigenvalue weighted by atomic mass is 35.5. The Bertz CT molecular complexity index is 793. The molecule has 0 N–H and O–H groups in total. The lowest BCUT2D eigenvalue weighted by atomic mass is 9.83. The maximum absolute atomic E-state index is 13.2. The van der Waals surface area contributed by atoms with Gasteiger partial charge in [0, 0.05) is 24.5 Å². The van der Waals surface area contributed by atoms with Crippen molar-refractivity contribution in [1.29, 1.82) is 0 Å². The average molecular weight is 331 g/mol. The molecule has 0 radical (unpaired) electrons. The molecule has 120 valence electrons. The Morgan fingerprint density at radius 3 is 2.70 bits per heavy atom. The maximum atomic E-state index is 13.2. The molecule has 1 atom stereocenters. The fourth-order valence-corrected chi connectivity index (χ4v) is 4.84. The number of carbonyl (C=O) groups is 1. The average Bonchev–Trinajstić information content (AvgIpc) is 2.85. The van der Waals surface area contributed by atoms with Crippen LogP contribution in [-0.2, 0) is 6.54 Å². The van der Waals surface area contributed by atoms with E-state index in [0.29, 0.717) is 17.1 Å². The van der Waals surface area contributed by atoms with E-state index in [1.807, 2.05) is 22.9 Å². The van der Waals surface area contributed by atoms with Crippen LogP contribution in [0.3, 0.4) is 0 Å². The number of carbonyl (C=O) groups excluding carboxylic acids is 1. The zero-order valence-corrected chi connectivity index (χ0v) is 13.7. The molecule has 0 aliphatic carbocycles. The van der Waals surface area contributed by atoms with Gasteiger partial charge in [0.2, 0.25) is 0 Å². The molecule has 5 nitrogen and oxygen atoms in total. The van der Waals surface area contributed by atoms with Gasteiger partial charge in [0.1, 0.15) is 0 Å². The quantitative estimate of drug-likeness (QED) is 0.805. The molecule has 3 saturated heterocycles. The zero-order valence-electron chi connectivity index (χ0n) is 12.9. The molecule has 6 rings (SSSR count). The lowest BCUT2D eigenvalue weighted by molar-refractivity contribution is 0.00707. The number of hydrogen-bond donors (Lipinski definition) is 0. The topological polar surface area (TPSA) is 41.4 Å². The largest absolute Gasteiger partial charge is 0.332 e. The summed E-state index contributed by atoms with van der Waals surface area (Å²) in [7, 11) is 0. The third-order valence-corrected chi connectivity index (χ3v) is 6.07. The van der Waals surface area contributed by atoms with Crippen molar-refractivity contribution in [3.8, 4) is 0 Å². The first-order valence-electron chi connectivity index (χ1n) is 8.41. The normalized spacial score (nSPS) is 30.0. The molecule has 1 unspecified atom stereocenters. The van der Waals surface area contributed by atoms with Crippen LogP contribution in [0.2, 0.25) is 5.15 Å². The maximum Gasteiger partial charge on any atom is 0.256 e. The molecule has 2 bridgehead atoms. The summed E-state index contributed by atoms with van der Waals surface area (Å²) in [5.74, 6) is 0.793. The minimum absolute atomic E-state index is 0.143. The zero-order chi connectivity index (χ0) is 15.6. The van der Waals surface area contributed by atoms with Crippen LogP contribution in [-0.4, -0.2) is 57.7 Å². The molecular formula is C17H19ClN4O. The fourth-order valence-electron chi connectivity index (χ4n) is 4.59. The first-order valence-corrected chi connectivity index (χ1v) is 8.78. The summed E-state index contributed by atoms with van der Waals surface area (Å²) in [6.45, 7) is 4.84. The summed E-state index contributed by atoms with van der Waals surface area (Å²) in [6.07, 6.45) is 2.43. The van der Waals surface area contributed by atoms with Crippen LogP contribution in [0.25, 0.3) is 10.9 Å². The van der Waals surface area contributed by atoms with Gasteiger partial charge in [-0.15, -0.1) is 0 Å². The van der Waals surface area contributed by atoms with E-state index in [1.54, 1.807) is 0 Å². The molecule has 3 fully saturated rings. The van der Waals surface area contributed by atoms with E-state index < -0.39 is 0 Å². The van der Waals surface area contributed by atoms with E-state index in [9.17, 15) is 4.79 Å². The minimum atomic E-state index is 0.143. The molecular weight excluding hydrogens is 312 g/mol. The van der Waals surface area contributed by atoms with Gasteiger partial charge >= 0.3 is 0 Å². The molecule has 1 aromatic heterocycles. The van der Waals surface area contributed by atoms with Gasteiger partial charge in [-0.05, 0) is 44.0 Å². The van der Waals surface area contributed by atoms with Crippen molar-refractivity contribution < 1.29 is 4.79 Å². The van der Waals surface area contributed by atoms with Gasteiger partial charge in [-0.3, -0.25) is 9.48 Å². The highest BCUT2D eigenvalue weighted by Crippen LogP contribution is 2.34. The molecule has 23 heavy (non-hydrogen) atoms. The summed E-state index contributed by atoms with van der Waals surface area (Å²) < 4.78 is 1.91. The number of aromatic nitrogens is 2. The Morgan fingerprint density at radius 1 is 1.13 bits per heavy atom. The number of halogens is 1. The van der Waals surface area contributed by atoms with Crippen LogP contribution >= 0.6 is 11.6 Å². The van der Waals surface area contributed by atoms with Crippen LogP contribution in [0.4, 0.5) is 0 Å². The summed E-state index contributed by atoms with van der Waals surface area (Å²) in [5.41, 5.74) is 1.64. The second-order valence-electron chi connectivity index (χ2n) is 6.92. The first kappa shape index (κ1) is 13.8. The molecule has 0 saturated carbocycles. The monoisotopic (exact) mass is 330 g/mol. The van der Waals surface area contributed by atoms with Gasteiger partial charge in [0.15, 0.2) is 5.15 Å². The van der Waals surface area contributed by atoms with E-state index in [-0.39, 0.29) is 5.91 Å². The number of fused-ring (bicyclic) bond motifs is 3. The molecule has 5 heterocycles. The van der Waals surface area contributed by atoms with Crippen LogP contribution in [0, 0.1) is 5.92 Å². The number of para-hydroxylation sites is 1. The Labute approximate surface area is 139 Å². The standard InChI is InChI=1S/C17H19ClN4O/c18-16-12-2-1-3-13-15(12)22(19-16)9-8-21(17(13)23)14-10-20-6-4-11(14)5-7-20/h1-3,11,14H,4-10H2. The van der Waals surface area contributed by atoms with Crippen molar-refractivity contribution in [3.63, 3.8) is 0 Å². The lowest BCUT2D eigenvalue weighted by Gasteiger charge is -2.48. The molecule has 6 heteroatoms. The molecule has 1 aromatic carbocycles. The van der Waals surface area contributed by atoms with Gasteiger partial charge in [-0.25, -0.2) is 0 Å². The predicted molar refractivity (Wildman–Crippen MR) is 88.7 cm³/mol. The highest BCUT2D eigenvalue weighted by molar-refractivity contribution is 6.34. The minimum Gasteiger partial charge on any atom is -0.332 e. The van der Waals surface area contributed by atoms with E-state index in [2.05, 4.69) is 14.9 Å². The molecule has 2 aromatic rings. The Morgan fingerprint density at radius 2 is 1.96 bits per heavy atom. The van der Waals surface area contributed by atoms with Crippen molar-refractivity contribution in [2.45, 2.75) is 25.4 Å². The fraction of sp³-hybridized carbons (Fsp3) is 0.529. The van der Waals surface area contributed by atoms with Crippen LogP contribution in [0.5, 0.6) is 0 Å². The number of amides is 1. The van der Waals surface area contributed by atoms with Gasteiger partial charge in [0.05, 0.1) is 17.6 Å². The third kappa shape index (κ3) is 1.96. The van der Waals surface area contributed by atoms with Gasteiger partial charge < -0.3 is 9.80 Å². The van der Waals surface area contributed by atoms with Crippen LogP contribution in [0.15, 0.2) is 18.2 Å². The number of nitrogens with zero attached hydrogens (tertiary/aromatic N) is 4. The van der Waals surface area contributed by atoms with E-state index in [0.717, 1.165) is 36.1 Å². The Hall–Kier alpha value is -1.59. The van der Waals surface area contributed by atoms with E-state index in [1.165, 1.54) is 25.9 Å². The number of hydrogen-bond acceptors (Lipinski definition) is 3. The van der Waals surface area contributed by atoms with Gasteiger partial charge in [-0.1, -0.05) is 17.7 Å². The smallest absolute Gasteiger partial charge is 0.256 e.